The van der Waals surface area contributed by atoms with Gasteiger partial charge in [0.05, 0.1) is 13.0 Å². The molecule has 1 aromatic heterocycles. The predicted octanol–water partition coefficient (Wildman–Crippen LogP) is 1.34. The van der Waals surface area contributed by atoms with Crippen LogP contribution in [0, 0.1) is 0 Å². The molecule has 0 aromatic carbocycles. The summed E-state index contributed by atoms with van der Waals surface area (Å²) in [5.41, 5.74) is 0. The lowest BCUT2D eigenvalue weighted by molar-refractivity contribution is -0.138. The topological polar surface area (TPSA) is 79.5 Å². The summed E-state index contributed by atoms with van der Waals surface area (Å²) in [5.74, 6) is 3.06. The highest BCUT2D eigenvalue weighted by Gasteiger charge is 2.30. The molecule has 19 heavy (non-hydrogen) atoms. The second-order valence-corrected chi connectivity index (χ2v) is 6.27. The fourth-order valence-corrected chi connectivity index (χ4v) is 3.43. The van der Waals surface area contributed by atoms with Crippen molar-refractivity contribution in [3.8, 4) is 0 Å². The molecule has 1 aromatic rings. The van der Waals surface area contributed by atoms with Crippen LogP contribution in [0.3, 0.4) is 0 Å². The summed E-state index contributed by atoms with van der Waals surface area (Å²) in [6, 6.07) is 0.0625. The predicted molar refractivity (Wildman–Crippen MR) is 70.0 cm³/mol. The van der Waals surface area contributed by atoms with E-state index in [2.05, 4.69) is 15.0 Å². The molecular formula is C12H17N3O3S. The molecule has 1 aliphatic heterocycles. The number of carboxylic acids is 1. The first-order valence-electron chi connectivity index (χ1n) is 6.58. The highest BCUT2D eigenvalue weighted by atomic mass is 32.2. The Bertz CT molecular complexity index is 461. The van der Waals surface area contributed by atoms with E-state index < -0.39 is 5.97 Å². The monoisotopic (exact) mass is 283 g/mol. The first-order chi connectivity index (χ1) is 9.22. The van der Waals surface area contributed by atoms with E-state index in [0.717, 1.165) is 36.7 Å². The Morgan fingerprint density at radius 2 is 2.37 bits per heavy atom. The van der Waals surface area contributed by atoms with E-state index in [1.807, 2.05) is 11.8 Å². The van der Waals surface area contributed by atoms with Crippen LogP contribution in [0.15, 0.2) is 4.52 Å². The van der Waals surface area contributed by atoms with Gasteiger partial charge in [0.1, 0.15) is 0 Å². The van der Waals surface area contributed by atoms with Crippen LogP contribution in [-0.2, 0) is 11.3 Å². The SMILES string of the molecule is O=C(O)CC1CSCCN1Cc1nc(C2CC2)no1. The molecule has 104 valence electrons. The zero-order valence-corrected chi connectivity index (χ0v) is 11.4. The Morgan fingerprint density at radius 3 is 3.11 bits per heavy atom. The van der Waals surface area contributed by atoms with Crippen LogP contribution in [0.1, 0.15) is 36.9 Å². The van der Waals surface area contributed by atoms with Crippen molar-refractivity contribution in [1.82, 2.24) is 15.0 Å². The molecule has 1 atom stereocenters. The van der Waals surface area contributed by atoms with Gasteiger partial charge in [0.15, 0.2) is 5.82 Å². The number of carboxylic acid groups (broad SMARTS) is 1. The maximum absolute atomic E-state index is 10.9. The summed E-state index contributed by atoms with van der Waals surface area (Å²) in [7, 11) is 0. The minimum atomic E-state index is -0.748. The van der Waals surface area contributed by atoms with Crippen molar-refractivity contribution < 1.29 is 14.4 Å². The molecule has 7 heteroatoms. The molecule has 0 spiro atoms. The number of aliphatic carboxylic acids is 1. The van der Waals surface area contributed by atoms with Crippen molar-refractivity contribution in [2.75, 3.05) is 18.1 Å². The van der Waals surface area contributed by atoms with Crippen molar-refractivity contribution in [2.24, 2.45) is 0 Å². The van der Waals surface area contributed by atoms with Gasteiger partial charge in [-0.15, -0.1) is 0 Å². The molecule has 1 N–H and O–H groups in total. The Hall–Kier alpha value is -1.08. The lowest BCUT2D eigenvalue weighted by atomic mass is 10.2. The van der Waals surface area contributed by atoms with E-state index in [0.29, 0.717) is 18.4 Å². The molecule has 3 rings (SSSR count). The van der Waals surface area contributed by atoms with Crippen LogP contribution in [0.2, 0.25) is 0 Å². The Balaban J connectivity index is 1.63. The molecular weight excluding hydrogens is 266 g/mol. The van der Waals surface area contributed by atoms with Gasteiger partial charge in [0, 0.05) is 30.0 Å². The van der Waals surface area contributed by atoms with Crippen molar-refractivity contribution >= 4 is 17.7 Å². The summed E-state index contributed by atoms with van der Waals surface area (Å²) in [6.07, 6.45) is 2.48. The second-order valence-electron chi connectivity index (χ2n) is 5.12. The third-order valence-corrected chi connectivity index (χ3v) is 4.62. The first kappa shape index (κ1) is 12.9. The highest BCUT2D eigenvalue weighted by Crippen LogP contribution is 2.38. The standard InChI is InChI=1S/C12H17N3O3S/c16-11(17)5-9-7-19-4-3-15(9)6-10-13-12(14-18-10)8-1-2-8/h8-9H,1-7H2,(H,16,17). The van der Waals surface area contributed by atoms with Crippen LogP contribution < -0.4 is 0 Å². The molecule has 2 heterocycles. The maximum atomic E-state index is 10.9. The third-order valence-electron chi connectivity index (χ3n) is 3.52. The van der Waals surface area contributed by atoms with E-state index in [4.69, 9.17) is 9.63 Å². The lowest BCUT2D eigenvalue weighted by Gasteiger charge is -2.33. The molecule has 0 radical (unpaired) electrons. The van der Waals surface area contributed by atoms with Gasteiger partial charge in [-0.1, -0.05) is 5.16 Å². The van der Waals surface area contributed by atoms with Gasteiger partial charge in [-0.05, 0) is 12.8 Å². The van der Waals surface area contributed by atoms with E-state index in [-0.39, 0.29) is 12.5 Å². The average molecular weight is 283 g/mol. The van der Waals surface area contributed by atoms with E-state index in [9.17, 15) is 4.79 Å². The zero-order chi connectivity index (χ0) is 13.2. The molecule has 1 saturated heterocycles. The molecule has 1 saturated carbocycles. The summed E-state index contributed by atoms with van der Waals surface area (Å²) < 4.78 is 5.26. The van der Waals surface area contributed by atoms with Gasteiger partial charge < -0.3 is 9.63 Å². The molecule has 1 aliphatic carbocycles. The van der Waals surface area contributed by atoms with Gasteiger partial charge in [-0.3, -0.25) is 9.69 Å². The number of hydrogen-bond acceptors (Lipinski definition) is 6. The van der Waals surface area contributed by atoms with Crippen LogP contribution in [0.5, 0.6) is 0 Å². The number of nitrogens with zero attached hydrogens (tertiary/aromatic N) is 3. The molecule has 2 aliphatic rings. The summed E-state index contributed by atoms with van der Waals surface area (Å²) in [5, 5.41) is 12.9. The zero-order valence-electron chi connectivity index (χ0n) is 10.6. The normalized spacial score (nSPS) is 24.5. The van der Waals surface area contributed by atoms with E-state index in [1.165, 1.54) is 0 Å². The van der Waals surface area contributed by atoms with Gasteiger partial charge >= 0.3 is 5.97 Å². The Labute approximate surface area is 115 Å². The van der Waals surface area contributed by atoms with Crippen LogP contribution >= 0.6 is 11.8 Å². The fourth-order valence-electron chi connectivity index (χ4n) is 2.30. The number of carbonyl (C=O) groups is 1. The van der Waals surface area contributed by atoms with Crippen molar-refractivity contribution in [3.63, 3.8) is 0 Å². The van der Waals surface area contributed by atoms with Crippen LogP contribution in [0.25, 0.3) is 0 Å². The van der Waals surface area contributed by atoms with Crippen LogP contribution in [0.4, 0.5) is 0 Å². The molecule has 2 fully saturated rings. The molecule has 0 amide bonds. The second kappa shape index (κ2) is 5.50. The molecule has 0 bridgehead atoms. The summed E-state index contributed by atoms with van der Waals surface area (Å²) in [4.78, 5) is 17.4. The van der Waals surface area contributed by atoms with E-state index >= 15 is 0 Å². The van der Waals surface area contributed by atoms with Gasteiger partial charge in [-0.25, -0.2) is 0 Å². The smallest absolute Gasteiger partial charge is 0.304 e. The first-order valence-corrected chi connectivity index (χ1v) is 7.74. The van der Waals surface area contributed by atoms with Gasteiger partial charge in [0.25, 0.3) is 0 Å². The number of thioether (sulfide) groups is 1. The van der Waals surface area contributed by atoms with Crippen LogP contribution in [-0.4, -0.2) is 50.2 Å². The van der Waals surface area contributed by atoms with Gasteiger partial charge in [-0.2, -0.15) is 16.7 Å². The summed E-state index contributed by atoms with van der Waals surface area (Å²) >= 11 is 1.81. The Morgan fingerprint density at radius 1 is 1.53 bits per heavy atom. The number of aromatic nitrogens is 2. The van der Waals surface area contributed by atoms with Crippen molar-refractivity contribution in [1.29, 1.82) is 0 Å². The minimum absolute atomic E-state index is 0.0625. The van der Waals surface area contributed by atoms with Crippen molar-refractivity contribution in [2.45, 2.75) is 37.8 Å². The van der Waals surface area contributed by atoms with Crippen molar-refractivity contribution in [3.05, 3.63) is 11.7 Å². The minimum Gasteiger partial charge on any atom is -0.481 e. The average Bonchev–Trinajstić information content (AvgIpc) is 3.12. The highest BCUT2D eigenvalue weighted by molar-refractivity contribution is 7.99. The third kappa shape index (κ3) is 3.27. The summed E-state index contributed by atoms with van der Waals surface area (Å²) in [6.45, 7) is 1.45. The van der Waals surface area contributed by atoms with E-state index in [1.54, 1.807) is 0 Å². The lowest BCUT2D eigenvalue weighted by Crippen LogP contribution is -2.43. The number of hydrogen-bond donors (Lipinski definition) is 1. The van der Waals surface area contributed by atoms with Gasteiger partial charge in [0.2, 0.25) is 5.89 Å². The molecule has 1 unspecified atom stereocenters. The largest absolute Gasteiger partial charge is 0.481 e. The molecule has 6 nitrogen and oxygen atoms in total. The quantitative estimate of drug-likeness (QED) is 0.873. The Kier molecular flexibility index (Phi) is 3.74. The fraction of sp³-hybridized carbons (Fsp3) is 0.750. The maximum Gasteiger partial charge on any atom is 0.304 e. The number of rotatable bonds is 5.